The lowest BCUT2D eigenvalue weighted by Crippen LogP contribution is -2.49. The Balaban J connectivity index is 1.66. The number of rotatable bonds is 12. The van der Waals surface area contributed by atoms with Crippen molar-refractivity contribution in [3.8, 4) is 0 Å². The second-order valence-electron chi connectivity index (χ2n) is 9.02. The molecule has 2 amide bonds. The van der Waals surface area contributed by atoms with Crippen LogP contribution in [-0.4, -0.2) is 30.6 Å². The van der Waals surface area contributed by atoms with Gasteiger partial charge in [0.15, 0.2) is 0 Å². The average Bonchev–Trinajstić information content (AvgIpc) is 2.93. The van der Waals surface area contributed by atoms with Gasteiger partial charge in [0, 0.05) is 12.1 Å². The first kappa shape index (κ1) is 28.4. The number of halogens is 1. The third-order valence-corrected chi connectivity index (χ3v) is 5.95. The monoisotopic (exact) mass is 520 g/mol. The molecule has 0 fully saturated rings. The highest BCUT2D eigenvalue weighted by Crippen LogP contribution is 2.22. The Morgan fingerprint density at radius 3 is 2.08 bits per heavy atom. The van der Waals surface area contributed by atoms with Crippen molar-refractivity contribution in [3.05, 3.63) is 107 Å². The van der Waals surface area contributed by atoms with E-state index in [1.807, 2.05) is 50.2 Å². The minimum Gasteiger partial charge on any atom is -0.459 e. The van der Waals surface area contributed by atoms with Gasteiger partial charge in [-0.25, -0.2) is 14.0 Å². The van der Waals surface area contributed by atoms with Gasteiger partial charge in [-0.1, -0.05) is 80.9 Å². The lowest BCUT2D eigenvalue weighted by molar-refractivity contribution is -0.147. The molecule has 0 aliphatic heterocycles. The molecule has 0 radical (unpaired) electrons. The summed E-state index contributed by atoms with van der Waals surface area (Å²) in [6.45, 7) is 3.74. The number of alkyl carbamates (subject to hydrolysis) is 1. The summed E-state index contributed by atoms with van der Waals surface area (Å²) in [5, 5.41) is 5.07. The van der Waals surface area contributed by atoms with Crippen molar-refractivity contribution >= 4 is 18.0 Å². The van der Waals surface area contributed by atoms with Gasteiger partial charge in [-0.15, -0.1) is 0 Å². The number of carbonyl (C=O) groups is 3. The van der Waals surface area contributed by atoms with E-state index in [4.69, 9.17) is 9.47 Å². The number of nitrogens with one attached hydrogen (secondary N) is 2. The zero-order valence-corrected chi connectivity index (χ0v) is 21.6. The summed E-state index contributed by atoms with van der Waals surface area (Å²) in [7, 11) is 0. The third kappa shape index (κ3) is 9.03. The Kier molecular flexibility index (Phi) is 10.8. The van der Waals surface area contributed by atoms with Crippen molar-refractivity contribution in [2.45, 2.75) is 51.9 Å². The molecule has 3 rings (SSSR count). The van der Waals surface area contributed by atoms with Crippen molar-refractivity contribution < 1.29 is 28.2 Å². The molecule has 0 aliphatic rings. The third-order valence-electron chi connectivity index (χ3n) is 5.95. The molecule has 1 unspecified atom stereocenters. The predicted molar refractivity (Wildman–Crippen MR) is 142 cm³/mol. The Morgan fingerprint density at radius 1 is 0.868 bits per heavy atom. The maximum atomic E-state index is 14.2. The second kappa shape index (κ2) is 14.5. The van der Waals surface area contributed by atoms with Crippen LogP contribution in [0.4, 0.5) is 9.18 Å². The van der Waals surface area contributed by atoms with Crippen molar-refractivity contribution in [2.24, 2.45) is 0 Å². The largest absolute Gasteiger partial charge is 0.459 e. The first-order valence-corrected chi connectivity index (χ1v) is 12.6. The molecule has 8 heteroatoms. The van der Waals surface area contributed by atoms with Gasteiger partial charge in [-0.05, 0) is 47.2 Å². The zero-order chi connectivity index (χ0) is 27.3. The molecule has 38 heavy (non-hydrogen) atoms. The average molecular weight is 521 g/mol. The number of esters is 1. The Morgan fingerprint density at radius 2 is 1.47 bits per heavy atom. The van der Waals surface area contributed by atoms with E-state index >= 15 is 0 Å². The molecule has 2 atom stereocenters. The van der Waals surface area contributed by atoms with E-state index in [0.717, 1.165) is 35.6 Å². The standard InChI is InChI=1S/C30H33FN2O5/c1-3-10-21(2)24-15-25(17-26(31)16-24)28(34)32-18-27(29(35)37-19-22-11-6-4-7-12-22)33-30(36)38-20-23-13-8-5-9-14-23/h4-9,11-17,21,27H,3,10,18-20H2,1-2H3,(H,32,34)(H,33,36)/t21?,27-/m1/s1. The highest BCUT2D eigenvalue weighted by molar-refractivity contribution is 5.95. The van der Waals surface area contributed by atoms with Crippen LogP contribution in [0, 0.1) is 5.82 Å². The van der Waals surface area contributed by atoms with Gasteiger partial charge < -0.3 is 20.1 Å². The topological polar surface area (TPSA) is 93.7 Å². The van der Waals surface area contributed by atoms with Crippen LogP contribution >= 0.6 is 0 Å². The lowest BCUT2D eigenvalue weighted by Gasteiger charge is -2.19. The molecule has 0 saturated carbocycles. The number of hydrogen-bond donors (Lipinski definition) is 2. The van der Waals surface area contributed by atoms with Crippen LogP contribution in [0.15, 0.2) is 78.9 Å². The van der Waals surface area contributed by atoms with E-state index in [0.29, 0.717) is 0 Å². The highest BCUT2D eigenvalue weighted by atomic mass is 19.1. The van der Waals surface area contributed by atoms with Crippen LogP contribution in [0.2, 0.25) is 0 Å². The summed E-state index contributed by atoms with van der Waals surface area (Å²) in [4.78, 5) is 38.1. The SMILES string of the molecule is CCCC(C)c1cc(F)cc(C(=O)NC[C@@H](NC(=O)OCc2ccccc2)C(=O)OCc2ccccc2)c1. The molecule has 0 saturated heterocycles. The summed E-state index contributed by atoms with van der Waals surface area (Å²) in [6, 6.07) is 21.1. The summed E-state index contributed by atoms with van der Waals surface area (Å²) in [5.74, 6) is -1.75. The molecule has 0 aromatic heterocycles. The Bertz CT molecular complexity index is 1200. The normalized spacial score (nSPS) is 12.2. The van der Waals surface area contributed by atoms with Crippen LogP contribution < -0.4 is 10.6 Å². The van der Waals surface area contributed by atoms with E-state index in [1.54, 1.807) is 30.3 Å². The Labute approximate surface area is 222 Å². The molecular weight excluding hydrogens is 487 g/mol. The van der Waals surface area contributed by atoms with Crippen LogP contribution in [0.3, 0.4) is 0 Å². The molecule has 2 N–H and O–H groups in total. The van der Waals surface area contributed by atoms with Crippen LogP contribution in [0.5, 0.6) is 0 Å². The molecule has 7 nitrogen and oxygen atoms in total. The summed E-state index contributed by atoms with van der Waals surface area (Å²) < 4.78 is 24.8. The van der Waals surface area contributed by atoms with Crippen molar-refractivity contribution in [2.75, 3.05) is 6.54 Å². The molecule has 0 heterocycles. The fourth-order valence-electron chi connectivity index (χ4n) is 3.85. The van der Waals surface area contributed by atoms with Crippen LogP contribution in [0.25, 0.3) is 0 Å². The maximum Gasteiger partial charge on any atom is 0.408 e. The smallest absolute Gasteiger partial charge is 0.408 e. The van der Waals surface area contributed by atoms with Crippen molar-refractivity contribution in [3.63, 3.8) is 0 Å². The number of amides is 2. The Hall–Kier alpha value is -4.20. The molecular formula is C30H33FN2O5. The number of hydrogen-bond acceptors (Lipinski definition) is 5. The summed E-state index contributed by atoms with van der Waals surface area (Å²) in [5.41, 5.74) is 2.39. The van der Waals surface area contributed by atoms with Crippen LogP contribution in [-0.2, 0) is 27.5 Å². The minimum atomic E-state index is -1.22. The molecule has 3 aromatic rings. The van der Waals surface area contributed by atoms with Gasteiger partial charge >= 0.3 is 12.1 Å². The van der Waals surface area contributed by atoms with Gasteiger partial charge in [0.05, 0.1) is 0 Å². The van der Waals surface area contributed by atoms with Gasteiger partial charge in [-0.3, -0.25) is 4.79 Å². The van der Waals surface area contributed by atoms with E-state index in [9.17, 15) is 18.8 Å². The fraction of sp³-hybridized carbons (Fsp3) is 0.300. The van der Waals surface area contributed by atoms with Gasteiger partial charge in [-0.2, -0.15) is 0 Å². The maximum absolute atomic E-state index is 14.2. The number of ether oxygens (including phenoxy) is 2. The summed E-state index contributed by atoms with van der Waals surface area (Å²) in [6.07, 6.45) is 0.943. The van der Waals surface area contributed by atoms with E-state index in [2.05, 4.69) is 10.6 Å². The van der Waals surface area contributed by atoms with Crippen LogP contribution in [0.1, 0.15) is 59.7 Å². The predicted octanol–water partition coefficient (Wildman–Crippen LogP) is 5.50. The zero-order valence-electron chi connectivity index (χ0n) is 21.6. The van der Waals surface area contributed by atoms with E-state index in [1.165, 1.54) is 6.07 Å². The number of benzene rings is 3. The van der Waals surface area contributed by atoms with Crippen molar-refractivity contribution in [1.82, 2.24) is 10.6 Å². The molecule has 200 valence electrons. The molecule has 3 aromatic carbocycles. The molecule has 0 aliphatic carbocycles. The van der Waals surface area contributed by atoms with Gasteiger partial charge in [0.25, 0.3) is 5.91 Å². The fourth-order valence-corrected chi connectivity index (χ4v) is 3.85. The highest BCUT2D eigenvalue weighted by Gasteiger charge is 2.25. The first-order valence-electron chi connectivity index (χ1n) is 12.6. The lowest BCUT2D eigenvalue weighted by atomic mass is 9.94. The minimum absolute atomic E-state index is 0.00651. The van der Waals surface area contributed by atoms with Crippen molar-refractivity contribution in [1.29, 1.82) is 0 Å². The quantitative estimate of drug-likeness (QED) is 0.308. The van der Waals surface area contributed by atoms with E-state index < -0.39 is 29.8 Å². The molecule has 0 spiro atoms. The summed E-state index contributed by atoms with van der Waals surface area (Å²) >= 11 is 0. The number of carbonyl (C=O) groups excluding carboxylic acids is 3. The van der Waals surface area contributed by atoms with E-state index in [-0.39, 0.29) is 31.2 Å². The first-order chi connectivity index (χ1) is 18.4. The van der Waals surface area contributed by atoms with Gasteiger partial charge in [0.1, 0.15) is 25.1 Å². The second-order valence-corrected chi connectivity index (χ2v) is 9.02. The van der Waals surface area contributed by atoms with Gasteiger partial charge in [0.2, 0.25) is 0 Å². The molecule has 0 bridgehead atoms.